The monoisotopic (exact) mass is 481 g/mol. The number of ether oxygens (including phenoxy) is 1. The number of amides is 2. The van der Waals surface area contributed by atoms with Crippen molar-refractivity contribution in [3.05, 3.63) is 84.8 Å². The summed E-state index contributed by atoms with van der Waals surface area (Å²) < 4.78 is 7.02. The summed E-state index contributed by atoms with van der Waals surface area (Å²) in [7, 11) is 0. The number of nitro benzene ring substituents is 1. The second-order valence-corrected chi connectivity index (χ2v) is 8.72. The van der Waals surface area contributed by atoms with Crippen LogP contribution in [0.4, 0.5) is 5.69 Å². The molecule has 174 valence electrons. The molecule has 2 aromatic heterocycles. The molecule has 0 saturated carbocycles. The zero-order valence-electron chi connectivity index (χ0n) is 18.3. The SMILES string of the molecule is Cc1cc(C(=O)COC(=O)CN2C(=O)c3cccc([N+](=O)[O-])c3C2=O)c(C)n1Cc1cccs1. The van der Waals surface area contributed by atoms with Gasteiger partial charge in [0, 0.05) is 27.9 Å². The Kier molecular flexibility index (Phi) is 6.12. The Morgan fingerprint density at radius 3 is 2.56 bits per heavy atom. The molecule has 1 aliphatic heterocycles. The van der Waals surface area contributed by atoms with Crippen LogP contribution in [0.2, 0.25) is 0 Å². The predicted octanol–water partition coefficient (Wildman–Crippen LogP) is 3.15. The fraction of sp³-hybridized carbons (Fsp3) is 0.217. The third kappa shape index (κ3) is 4.13. The number of ketones is 1. The van der Waals surface area contributed by atoms with Gasteiger partial charge < -0.3 is 9.30 Å². The van der Waals surface area contributed by atoms with E-state index >= 15 is 0 Å². The molecule has 0 atom stereocenters. The minimum Gasteiger partial charge on any atom is -0.456 e. The van der Waals surface area contributed by atoms with E-state index in [-0.39, 0.29) is 11.1 Å². The van der Waals surface area contributed by atoms with Gasteiger partial charge in [-0.05, 0) is 37.4 Å². The number of benzene rings is 1. The number of fused-ring (bicyclic) bond motifs is 1. The number of imide groups is 1. The summed E-state index contributed by atoms with van der Waals surface area (Å²) in [5.41, 5.74) is 1.01. The number of carbonyl (C=O) groups is 4. The molecule has 3 heterocycles. The number of Topliss-reactive ketones (excluding diaryl/α,β-unsaturated/α-hetero) is 1. The van der Waals surface area contributed by atoms with Crippen LogP contribution in [-0.2, 0) is 16.1 Å². The molecule has 0 bridgehead atoms. The third-order valence-corrected chi connectivity index (χ3v) is 6.45. The molecule has 34 heavy (non-hydrogen) atoms. The molecule has 0 aliphatic carbocycles. The Morgan fingerprint density at radius 2 is 1.88 bits per heavy atom. The Morgan fingerprint density at radius 1 is 1.12 bits per heavy atom. The van der Waals surface area contributed by atoms with Gasteiger partial charge in [0.25, 0.3) is 17.5 Å². The van der Waals surface area contributed by atoms with Gasteiger partial charge >= 0.3 is 5.97 Å². The highest BCUT2D eigenvalue weighted by Crippen LogP contribution is 2.30. The van der Waals surface area contributed by atoms with Crippen molar-refractivity contribution in [3.8, 4) is 0 Å². The summed E-state index contributed by atoms with van der Waals surface area (Å²) in [5, 5.41) is 13.2. The molecule has 3 aromatic rings. The second-order valence-electron chi connectivity index (χ2n) is 7.69. The summed E-state index contributed by atoms with van der Waals surface area (Å²) in [6.07, 6.45) is 0. The largest absolute Gasteiger partial charge is 0.456 e. The van der Waals surface area contributed by atoms with E-state index in [4.69, 9.17) is 4.74 Å². The van der Waals surface area contributed by atoms with Crippen molar-refractivity contribution in [1.82, 2.24) is 9.47 Å². The normalized spacial score (nSPS) is 12.7. The van der Waals surface area contributed by atoms with Crippen LogP contribution in [0, 0.1) is 24.0 Å². The first-order valence-corrected chi connectivity index (χ1v) is 11.1. The maximum Gasteiger partial charge on any atom is 0.326 e. The van der Waals surface area contributed by atoms with E-state index in [0.29, 0.717) is 17.0 Å². The Bertz CT molecular complexity index is 1340. The molecule has 2 amide bonds. The van der Waals surface area contributed by atoms with Crippen molar-refractivity contribution in [2.45, 2.75) is 20.4 Å². The fourth-order valence-corrected chi connectivity index (χ4v) is 4.59. The van der Waals surface area contributed by atoms with Crippen LogP contribution >= 0.6 is 11.3 Å². The topological polar surface area (TPSA) is 129 Å². The van der Waals surface area contributed by atoms with Crippen molar-refractivity contribution in [2.24, 2.45) is 0 Å². The lowest BCUT2D eigenvalue weighted by Crippen LogP contribution is -2.36. The van der Waals surface area contributed by atoms with Crippen LogP contribution in [0.3, 0.4) is 0 Å². The molecule has 0 N–H and O–H groups in total. The molecule has 4 rings (SSSR count). The number of esters is 1. The molecule has 0 spiro atoms. The van der Waals surface area contributed by atoms with Gasteiger partial charge in [-0.15, -0.1) is 11.3 Å². The Balaban J connectivity index is 1.41. The van der Waals surface area contributed by atoms with E-state index < -0.39 is 47.3 Å². The summed E-state index contributed by atoms with van der Waals surface area (Å²) in [6.45, 7) is 2.99. The average molecular weight is 481 g/mol. The second kappa shape index (κ2) is 9.02. The summed E-state index contributed by atoms with van der Waals surface area (Å²) in [6, 6.07) is 9.36. The number of aryl methyl sites for hydroxylation is 1. The van der Waals surface area contributed by atoms with Gasteiger partial charge in [-0.2, -0.15) is 0 Å². The number of aromatic nitrogens is 1. The first kappa shape index (κ1) is 23.1. The highest BCUT2D eigenvalue weighted by atomic mass is 32.1. The van der Waals surface area contributed by atoms with E-state index in [9.17, 15) is 29.3 Å². The first-order valence-electron chi connectivity index (χ1n) is 10.2. The zero-order chi connectivity index (χ0) is 24.6. The number of nitrogens with zero attached hydrogens (tertiary/aromatic N) is 3. The van der Waals surface area contributed by atoms with Gasteiger partial charge in [-0.3, -0.25) is 34.2 Å². The zero-order valence-corrected chi connectivity index (χ0v) is 19.1. The lowest BCUT2D eigenvalue weighted by molar-refractivity contribution is -0.385. The average Bonchev–Trinajstić information content (AvgIpc) is 3.48. The summed E-state index contributed by atoms with van der Waals surface area (Å²) in [5.74, 6) is -3.17. The van der Waals surface area contributed by atoms with Crippen LogP contribution in [0.1, 0.15) is 47.3 Å². The molecule has 11 heteroatoms. The number of nitro groups is 1. The van der Waals surface area contributed by atoms with E-state index in [2.05, 4.69) is 0 Å². The van der Waals surface area contributed by atoms with Gasteiger partial charge in [0.1, 0.15) is 12.1 Å². The molecule has 0 radical (unpaired) electrons. The van der Waals surface area contributed by atoms with Crippen molar-refractivity contribution < 1.29 is 28.8 Å². The molecule has 0 fully saturated rings. The highest BCUT2D eigenvalue weighted by Gasteiger charge is 2.42. The van der Waals surface area contributed by atoms with Crippen molar-refractivity contribution >= 4 is 40.6 Å². The minimum atomic E-state index is -0.974. The van der Waals surface area contributed by atoms with Gasteiger partial charge in [0.15, 0.2) is 6.61 Å². The van der Waals surface area contributed by atoms with Gasteiger partial charge in [0.2, 0.25) is 5.78 Å². The molecule has 0 unspecified atom stereocenters. The van der Waals surface area contributed by atoms with E-state index in [1.54, 1.807) is 24.3 Å². The number of rotatable bonds is 8. The Hall–Kier alpha value is -4.12. The summed E-state index contributed by atoms with van der Waals surface area (Å²) >= 11 is 1.61. The van der Waals surface area contributed by atoms with Crippen LogP contribution in [0.5, 0.6) is 0 Å². The number of carbonyl (C=O) groups excluding carboxylic acids is 4. The quantitative estimate of drug-likeness (QED) is 0.159. The molecular formula is C23H19N3O7S. The molecule has 1 aliphatic rings. The maximum atomic E-state index is 12.7. The lowest BCUT2D eigenvalue weighted by Gasteiger charge is -2.13. The fourth-order valence-electron chi connectivity index (χ4n) is 3.90. The Labute approximate surface area is 197 Å². The van der Waals surface area contributed by atoms with Crippen molar-refractivity contribution in [1.29, 1.82) is 0 Å². The summed E-state index contributed by atoms with van der Waals surface area (Å²) in [4.78, 5) is 62.2. The predicted molar refractivity (Wildman–Crippen MR) is 121 cm³/mol. The van der Waals surface area contributed by atoms with Gasteiger partial charge in [-0.1, -0.05) is 12.1 Å². The standard InChI is InChI=1S/C23H19N3O7S/c1-13-9-17(14(2)24(13)10-15-5-4-8-34-15)19(27)12-33-20(28)11-25-22(29)16-6-3-7-18(26(31)32)21(16)23(25)30/h3-9H,10-12H2,1-2H3. The van der Waals surface area contributed by atoms with Crippen molar-refractivity contribution in [3.63, 3.8) is 0 Å². The first-order chi connectivity index (χ1) is 16.2. The molecule has 1 aromatic carbocycles. The van der Waals surface area contributed by atoms with Gasteiger partial charge in [-0.25, -0.2) is 0 Å². The van der Waals surface area contributed by atoms with E-state index in [1.807, 2.05) is 29.0 Å². The van der Waals surface area contributed by atoms with Crippen LogP contribution in [0.25, 0.3) is 0 Å². The number of hydrogen-bond acceptors (Lipinski definition) is 8. The lowest BCUT2D eigenvalue weighted by atomic mass is 10.1. The third-order valence-electron chi connectivity index (χ3n) is 5.59. The van der Waals surface area contributed by atoms with E-state index in [0.717, 1.165) is 22.3 Å². The van der Waals surface area contributed by atoms with Crippen molar-refractivity contribution in [2.75, 3.05) is 13.2 Å². The van der Waals surface area contributed by atoms with Crippen LogP contribution in [-0.4, -0.2) is 51.1 Å². The molecular weight excluding hydrogens is 462 g/mol. The van der Waals surface area contributed by atoms with Crippen LogP contribution in [0.15, 0.2) is 41.8 Å². The molecule has 0 saturated heterocycles. The number of thiophene rings is 1. The number of hydrogen-bond donors (Lipinski definition) is 0. The van der Waals surface area contributed by atoms with Crippen LogP contribution < -0.4 is 0 Å². The smallest absolute Gasteiger partial charge is 0.326 e. The highest BCUT2D eigenvalue weighted by molar-refractivity contribution is 7.09. The minimum absolute atomic E-state index is 0.152. The maximum absolute atomic E-state index is 12.7. The van der Waals surface area contributed by atoms with Gasteiger partial charge in [0.05, 0.1) is 17.0 Å². The van der Waals surface area contributed by atoms with E-state index in [1.165, 1.54) is 12.1 Å². The molecule has 10 nitrogen and oxygen atoms in total.